The van der Waals surface area contributed by atoms with E-state index in [4.69, 9.17) is 18.0 Å². The van der Waals surface area contributed by atoms with Crippen molar-refractivity contribution in [1.29, 1.82) is 0 Å². The molecule has 0 saturated carbocycles. The largest absolute Gasteiger partial charge is 0.393 e. The zero-order chi connectivity index (χ0) is 13.8. The van der Waals surface area contributed by atoms with E-state index in [0.717, 1.165) is 11.1 Å². The van der Waals surface area contributed by atoms with Crippen molar-refractivity contribution in [3.8, 4) is 0 Å². The van der Waals surface area contributed by atoms with E-state index in [9.17, 15) is 8.42 Å². The molecular formula is C12H18N2O2S2. The fourth-order valence-electron chi connectivity index (χ4n) is 1.43. The summed E-state index contributed by atoms with van der Waals surface area (Å²) >= 11 is 4.73. The van der Waals surface area contributed by atoms with Crippen LogP contribution in [0.5, 0.6) is 0 Å². The lowest BCUT2D eigenvalue weighted by Gasteiger charge is -2.08. The molecule has 4 nitrogen and oxygen atoms in total. The van der Waals surface area contributed by atoms with Crippen LogP contribution < -0.4 is 10.5 Å². The van der Waals surface area contributed by atoms with Gasteiger partial charge in [0.05, 0.1) is 9.88 Å². The van der Waals surface area contributed by atoms with E-state index in [2.05, 4.69) is 4.72 Å². The van der Waals surface area contributed by atoms with Crippen molar-refractivity contribution in [2.75, 3.05) is 6.54 Å². The van der Waals surface area contributed by atoms with Gasteiger partial charge >= 0.3 is 0 Å². The molecule has 0 unspecified atom stereocenters. The van der Waals surface area contributed by atoms with E-state index in [1.54, 1.807) is 18.2 Å². The first kappa shape index (κ1) is 15.1. The highest BCUT2D eigenvalue weighted by molar-refractivity contribution is 7.89. The molecule has 100 valence electrons. The fraction of sp³-hybridized carbons (Fsp3) is 0.417. The van der Waals surface area contributed by atoms with E-state index in [1.165, 1.54) is 0 Å². The van der Waals surface area contributed by atoms with Gasteiger partial charge in [-0.1, -0.05) is 18.3 Å². The highest BCUT2D eigenvalue weighted by Gasteiger charge is 2.13. The fourth-order valence-corrected chi connectivity index (χ4v) is 2.74. The molecule has 1 rings (SSSR count). The third-order valence-electron chi connectivity index (χ3n) is 2.68. The van der Waals surface area contributed by atoms with Gasteiger partial charge in [0.2, 0.25) is 10.0 Å². The molecule has 6 heteroatoms. The highest BCUT2D eigenvalue weighted by atomic mass is 32.2. The molecular weight excluding hydrogens is 268 g/mol. The molecule has 0 aromatic heterocycles. The van der Waals surface area contributed by atoms with Crippen molar-refractivity contribution in [2.24, 2.45) is 5.73 Å². The smallest absolute Gasteiger partial charge is 0.240 e. The summed E-state index contributed by atoms with van der Waals surface area (Å²) in [5, 5.41) is 0. The molecule has 0 saturated heterocycles. The molecule has 0 aliphatic heterocycles. The van der Waals surface area contributed by atoms with Gasteiger partial charge in [0, 0.05) is 6.54 Å². The lowest BCUT2D eigenvalue weighted by Crippen LogP contribution is -2.25. The zero-order valence-electron chi connectivity index (χ0n) is 10.6. The Morgan fingerprint density at radius 2 is 2.00 bits per heavy atom. The van der Waals surface area contributed by atoms with Crippen molar-refractivity contribution in [3.63, 3.8) is 0 Å². The third kappa shape index (κ3) is 4.36. The average molecular weight is 286 g/mol. The number of aryl methyl sites for hydroxylation is 2. The topological polar surface area (TPSA) is 72.2 Å². The van der Waals surface area contributed by atoms with E-state index >= 15 is 0 Å². The van der Waals surface area contributed by atoms with Crippen LogP contribution in [0.2, 0.25) is 0 Å². The van der Waals surface area contributed by atoms with Crippen molar-refractivity contribution in [1.82, 2.24) is 4.72 Å². The first-order chi connectivity index (χ1) is 8.33. The van der Waals surface area contributed by atoms with Gasteiger partial charge in [-0.3, -0.25) is 0 Å². The van der Waals surface area contributed by atoms with Crippen LogP contribution >= 0.6 is 12.2 Å². The molecule has 1 aromatic carbocycles. The molecule has 0 heterocycles. The Morgan fingerprint density at radius 3 is 2.56 bits per heavy atom. The number of nitrogens with one attached hydrogen (secondary N) is 1. The molecule has 0 aliphatic carbocycles. The maximum absolute atomic E-state index is 12.0. The SMILES string of the molecule is Cc1ccc(S(=O)(=O)NCCCC(N)=S)cc1C. The van der Waals surface area contributed by atoms with Gasteiger partial charge in [-0.25, -0.2) is 13.1 Å². The summed E-state index contributed by atoms with van der Waals surface area (Å²) in [6, 6.07) is 5.09. The minimum Gasteiger partial charge on any atom is -0.393 e. The number of benzene rings is 1. The summed E-state index contributed by atoms with van der Waals surface area (Å²) in [4.78, 5) is 0.696. The van der Waals surface area contributed by atoms with Gasteiger partial charge < -0.3 is 5.73 Å². The Morgan fingerprint density at radius 1 is 1.33 bits per heavy atom. The predicted octanol–water partition coefficient (Wildman–Crippen LogP) is 1.65. The van der Waals surface area contributed by atoms with Crippen molar-refractivity contribution in [2.45, 2.75) is 31.6 Å². The molecule has 1 aromatic rings. The Bertz CT molecular complexity index is 539. The zero-order valence-corrected chi connectivity index (χ0v) is 12.2. The normalized spacial score (nSPS) is 11.4. The summed E-state index contributed by atoms with van der Waals surface area (Å²) in [6.07, 6.45) is 1.16. The lowest BCUT2D eigenvalue weighted by atomic mass is 10.1. The average Bonchev–Trinajstić information content (AvgIpc) is 2.28. The summed E-state index contributed by atoms with van der Waals surface area (Å²) in [7, 11) is -3.43. The van der Waals surface area contributed by atoms with Gasteiger partial charge in [0.25, 0.3) is 0 Å². The van der Waals surface area contributed by atoms with E-state index < -0.39 is 10.0 Å². The van der Waals surface area contributed by atoms with Crippen molar-refractivity contribution in [3.05, 3.63) is 29.3 Å². The van der Waals surface area contributed by atoms with E-state index in [1.807, 2.05) is 13.8 Å². The predicted molar refractivity (Wildman–Crippen MR) is 77.1 cm³/mol. The maximum Gasteiger partial charge on any atom is 0.240 e. The van der Waals surface area contributed by atoms with Crippen LogP contribution in [0.25, 0.3) is 0 Å². The van der Waals surface area contributed by atoms with Crippen molar-refractivity contribution < 1.29 is 8.42 Å². The Hall–Kier alpha value is -0.980. The van der Waals surface area contributed by atoms with Crippen LogP contribution in [0.3, 0.4) is 0 Å². The monoisotopic (exact) mass is 286 g/mol. The van der Waals surface area contributed by atoms with Crippen LogP contribution in [-0.4, -0.2) is 20.0 Å². The molecule has 0 radical (unpaired) electrons. The molecule has 0 atom stereocenters. The van der Waals surface area contributed by atoms with Gasteiger partial charge in [-0.15, -0.1) is 0 Å². The van der Waals surface area contributed by atoms with Gasteiger partial charge in [0.1, 0.15) is 0 Å². The van der Waals surface area contributed by atoms with Gasteiger partial charge in [-0.05, 0) is 49.9 Å². The van der Waals surface area contributed by atoms with E-state index in [0.29, 0.717) is 29.3 Å². The molecule has 0 spiro atoms. The molecule has 0 fully saturated rings. The molecule has 3 N–H and O–H groups in total. The van der Waals surface area contributed by atoms with Gasteiger partial charge in [0.15, 0.2) is 0 Å². The second-order valence-corrected chi connectivity index (χ2v) is 6.51. The second-order valence-electron chi connectivity index (χ2n) is 4.21. The van der Waals surface area contributed by atoms with Crippen LogP contribution in [0.4, 0.5) is 0 Å². The van der Waals surface area contributed by atoms with Crippen LogP contribution in [0, 0.1) is 13.8 Å². The molecule has 18 heavy (non-hydrogen) atoms. The van der Waals surface area contributed by atoms with Crippen LogP contribution in [0.1, 0.15) is 24.0 Å². The van der Waals surface area contributed by atoms with E-state index in [-0.39, 0.29) is 0 Å². The Balaban J connectivity index is 2.68. The van der Waals surface area contributed by atoms with Crippen LogP contribution in [0.15, 0.2) is 23.1 Å². The minimum atomic E-state index is -3.43. The third-order valence-corrected chi connectivity index (χ3v) is 4.34. The summed E-state index contributed by atoms with van der Waals surface area (Å²) in [5.74, 6) is 0. The van der Waals surface area contributed by atoms with Gasteiger partial charge in [-0.2, -0.15) is 0 Å². The molecule has 0 amide bonds. The number of sulfonamides is 1. The quantitative estimate of drug-likeness (QED) is 0.616. The maximum atomic E-state index is 12.0. The van der Waals surface area contributed by atoms with Crippen molar-refractivity contribution >= 4 is 27.2 Å². The highest BCUT2D eigenvalue weighted by Crippen LogP contribution is 2.14. The number of nitrogens with two attached hydrogens (primary N) is 1. The molecule has 0 aliphatic rings. The summed E-state index contributed by atoms with van der Waals surface area (Å²) < 4.78 is 26.5. The number of thiocarbonyl (C=S) groups is 1. The summed E-state index contributed by atoms with van der Waals surface area (Å²) in [6.45, 7) is 4.18. The first-order valence-corrected chi connectivity index (χ1v) is 7.57. The number of hydrogen-bond acceptors (Lipinski definition) is 3. The van der Waals surface area contributed by atoms with Crippen LogP contribution in [-0.2, 0) is 10.0 Å². The Kier molecular flexibility index (Phi) is 5.25. The second kappa shape index (κ2) is 6.26. The summed E-state index contributed by atoms with van der Waals surface area (Å²) in [5.41, 5.74) is 7.38. The lowest BCUT2D eigenvalue weighted by molar-refractivity contribution is 0.580. The number of hydrogen-bond donors (Lipinski definition) is 2. The Labute approximate surface area is 114 Å². The standard InChI is InChI=1S/C12H18N2O2S2/c1-9-5-6-11(8-10(9)2)18(15,16)14-7-3-4-12(13)17/h5-6,8,14H,3-4,7H2,1-2H3,(H2,13,17). The minimum absolute atomic E-state index is 0.293. The number of rotatable bonds is 6. The first-order valence-electron chi connectivity index (χ1n) is 5.68. The molecule has 0 bridgehead atoms.